The molecule has 2 bridgehead atoms. The third-order valence-corrected chi connectivity index (χ3v) is 7.45. The van der Waals surface area contributed by atoms with E-state index in [1.54, 1.807) is 11.8 Å². The van der Waals surface area contributed by atoms with Crippen LogP contribution in [0.4, 0.5) is 8.78 Å². The van der Waals surface area contributed by atoms with Gasteiger partial charge in [0.05, 0.1) is 0 Å². The Balaban J connectivity index is 1.59. The van der Waals surface area contributed by atoms with E-state index in [1.807, 2.05) is 31.0 Å². The van der Waals surface area contributed by atoms with Gasteiger partial charge >= 0.3 is 0 Å². The predicted molar refractivity (Wildman–Crippen MR) is 131 cm³/mol. The highest BCUT2D eigenvalue weighted by molar-refractivity contribution is 5.99. The summed E-state index contributed by atoms with van der Waals surface area (Å²) in [5, 5.41) is 21.3. The number of aromatic nitrogens is 1. The first-order valence-electron chi connectivity index (χ1n) is 12.2. The summed E-state index contributed by atoms with van der Waals surface area (Å²) in [7, 11) is 3.65. The number of hydrazine groups is 1. The molecule has 2 N–H and O–H groups in total. The van der Waals surface area contributed by atoms with Crippen molar-refractivity contribution >= 4 is 17.6 Å². The van der Waals surface area contributed by atoms with Gasteiger partial charge in [0.15, 0.2) is 17.3 Å². The molecule has 3 atom stereocenters. The molecule has 1 fully saturated rings. The van der Waals surface area contributed by atoms with Crippen LogP contribution in [0.3, 0.4) is 0 Å². The summed E-state index contributed by atoms with van der Waals surface area (Å²) in [6, 6.07) is 2.05. The van der Waals surface area contributed by atoms with Gasteiger partial charge < -0.3 is 24.7 Å². The molecule has 3 aliphatic rings. The zero-order valence-corrected chi connectivity index (χ0v) is 21.4. The number of benzene rings is 1. The molecular weight excluding hydrogens is 502 g/mol. The zero-order valence-electron chi connectivity index (χ0n) is 21.4. The topological polar surface area (TPSA) is 120 Å². The van der Waals surface area contributed by atoms with Crippen molar-refractivity contribution in [3.05, 3.63) is 63.1 Å². The van der Waals surface area contributed by atoms with Crippen LogP contribution in [0.1, 0.15) is 59.1 Å². The van der Waals surface area contributed by atoms with Crippen molar-refractivity contribution in [1.82, 2.24) is 24.8 Å². The number of hydrogen-bond donors (Lipinski definition) is 2. The minimum absolute atomic E-state index is 0.0122. The van der Waals surface area contributed by atoms with Gasteiger partial charge in [-0.05, 0) is 26.3 Å². The maximum absolute atomic E-state index is 14.1. The third kappa shape index (κ3) is 3.80. The Morgan fingerprint density at radius 3 is 2.74 bits per heavy atom. The highest BCUT2D eigenvalue weighted by Gasteiger charge is 2.58. The summed E-state index contributed by atoms with van der Waals surface area (Å²) in [6.07, 6.45) is 2.25. The maximum Gasteiger partial charge on any atom is 0.274 e. The van der Waals surface area contributed by atoms with Crippen LogP contribution in [0.25, 0.3) is 0 Å². The van der Waals surface area contributed by atoms with E-state index in [0.29, 0.717) is 24.7 Å². The normalized spacial score (nSPS) is 24.3. The van der Waals surface area contributed by atoms with E-state index in [0.717, 1.165) is 6.07 Å². The fourth-order valence-electron chi connectivity index (χ4n) is 5.62. The quantitative estimate of drug-likeness (QED) is 0.619. The predicted octanol–water partition coefficient (Wildman–Crippen LogP) is 1.78. The highest BCUT2D eigenvalue weighted by Crippen LogP contribution is 2.46. The Morgan fingerprint density at radius 2 is 2.05 bits per heavy atom. The van der Waals surface area contributed by atoms with Crippen molar-refractivity contribution in [1.29, 1.82) is 0 Å². The second-order valence-electron chi connectivity index (χ2n) is 9.99. The lowest BCUT2D eigenvalue weighted by atomic mass is 9.95. The van der Waals surface area contributed by atoms with E-state index in [4.69, 9.17) is 4.84 Å². The number of pyridine rings is 1. The molecule has 13 heteroatoms. The molecule has 1 spiro atoms. The number of nitrogens with zero attached hydrogens (tertiary/aromatic N) is 5. The molecule has 38 heavy (non-hydrogen) atoms. The largest absolute Gasteiger partial charge is 0.503 e. The number of oxime groups is 1. The fourth-order valence-corrected chi connectivity index (χ4v) is 5.62. The van der Waals surface area contributed by atoms with Crippen LogP contribution >= 0.6 is 0 Å². The van der Waals surface area contributed by atoms with Crippen molar-refractivity contribution in [2.45, 2.75) is 51.0 Å². The lowest BCUT2D eigenvalue weighted by Crippen LogP contribution is -2.61. The van der Waals surface area contributed by atoms with E-state index in [2.05, 4.69) is 10.5 Å². The van der Waals surface area contributed by atoms with Gasteiger partial charge in [0.25, 0.3) is 11.8 Å². The smallest absolute Gasteiger partial charge is 0.274 e. The Labute approximate surface area is 216 Å². The average molecular weight is 531 g/mol. The van der Waals surface area contributed by atoms with Gasteiger partial charge in [-0.25, -0.2) is 18.8 Å². The molecular formula is C25H28F2N6O5. The van der Waals surface area contributed by atoms with Crippen LogP contribution in [0.5, 0.6) is 5.75 Å². The van der Waals surface area contributed by atoms with Crippen molar-refractivity contribution < 1.29 is 28.3 Å². The van der Waals surface area contributed by atoms with Crippen LogP contribution < -0.4 is 10.7 Å². The molecule has 2 amide bonds. The summed E-state index contributed by atoms with van der Waals surface area (Å²) in [5.41, 5.74) is -2.80. The van der Waals surface area contributed by atoms with Gasteiger partial charge in [0.1, 0.15) is 23.2 Å². The summed E-state index contributed by atoms with van der Waals surface area (Å²) < 4.78 is 28.7. The lowest BCUT2D eigenvalue weighted by Gasteiger charge is -2.47. The van der Waals surface area contributed by atoms with E-state index in [1.165, 1.54) is 16.8 Å². The third-order valence-electron chi connectivity index (χ3n) is 7.45. The number of amides is 2. The summed E-state index contributed by atoms with van der Waals surface area (Å²) in [5.74, 6) is -3.32. The molecule has 0 saturated carbocycles. The molecule has 2 aromatic rings. The monoisotopic (exact) mass is 530 g/mol. The Bertz CT molecular complexity index is 1430. The first-order chi connectivity index (χ1) is 18.0. The number of amidine groups is 1. The maximum atomic E-state index is 14.1. The van der Waals surface area contributed by atoms with Gasteiger partial charge in [-0.3, -0.25) is 14.4 Å². The van der Waals surface area contributed by atoms with Crippen molar-refractivity contribution in [2.24, 2.45) is 5.16 Å². The lowest BCUT2D eigenvalue weighted by molar-refractivity contribution is -0.191. The summed E-state index contributed by atoms with van der Waals surface area (Å²) in [4.78, 5) is 47.2. The first kappa shape index (κ1) is 25.6. The number of fused-ring (bicyclic) bond motifs is 5. The fraction of sp³-hybridized carbons (Fsp3) is 0.440. The molecule has 3 aliphatic heterocycles. The summed E-state index contributed by atoms with van der Waals surface area (Å²) >= 11 is 0. The molecule has 11 nitrogen and oxygen atoms in total. The van der Waals surface area contributed by atoms with Gasteiger partial charge in [0, 0.05) is 57.5 Å². The standard InChI is InChI=1S/C25H28F2N6O5/c1-13-7-8-25(33(30(3)4)14(2)29-38-25)19-12-31(13)24(37)20-22(35)21(34)17(11-32(19)20)23(36)28-10-15-5-6-16(26)9-18(15)27/h5-6,9,11,13,19,35H,7-8,10,12H2,1-4H3,(H,28,36)/t13-,19+,25+/m0/s1. The Morgan fingerprint density at radius 1 is 1.32 bits per heavy atom. The van der Waals surface area contributed by atoms with Crippen LogP contribution in [0.2, 0.25) is 0 Å². The minimum Gasteiger partial charge on any atom is -0.503 e. The molecule has 202 valence electrons. The van der Waals surface area contributed by atoms with E-state index in [-0.39, 0.29) is 30.4 Å². The van der Waals surface area contributed by atoms with E-state index >= 15 is 0 Å². The molecule has 5 rings (SSSR count). The van der Waals surface area contributed by atoms with Gasteiger partial charge in [-0.2, -0.15) is 0 Å². The molecule has 1 aromatic carbocycles. The molecule has 0 unspecified atom stereocenters. The van der Waals surface area contributed by atoms with Crippen LogP contribution in [-0.2, 0) is 11.4 Å². The number of carbonyl (C=O) groups is 2. The summed E-state index contributed by atoms with van der Waals surface area (Å²) in [6.45, 7) is 3.53. The number of aromatic hydroxyl groups is 1. The Kier molecular flexibility index (Phi) is 6.13. The zero-order chi connectivity index (χ0) is 27.5. The van der Waals surface area contributed by atoms with Gasteiger partial charge in [0.2, 0.25) is 11.2 Å². The Hall–Kier alpha value is -4.00. The number of rotatable bonds is 4. The molecule has 1 saturated heterocycles. The van der Waals surface area contributed by atoms with Crippen molar-refractivity contribution in [3.63, 3.8) is 0 Å². The van der Waals surface area contributed by atoms with Gasteiger partial charge in [-0.15, -0.1) is 0 Å². The minimum atomic E-state index is -1.10. The van der Waals surface area contributed by atoms with Crippen LogP contribution in [0, 0.1) is 11.6 Å². The highest BCUT2D eigenvalue weighted by atomic mass is 19.1. The molecule has 1 aromatic heterocycles. The number of nitrogens with one attached hydrogen (secondary N) is 1. The molecule has 0 radical (unpaired) electrons. The SMILES string of the molecule is CC1=NO[C@@]2(CC[C@H](C)N3C[C@H]2n2cc(C(=O)NCc4ccc(F)cc4F)c(=O)c(O)c2C3=O)N1N(C)C. The molecule has 4 heterocycles. The first-order valence-corrected chi connectivity index (χ1v) is 12.2. The second-order valence-corrected chi connectivity index (χ2v) is 9.99. The molecule has 0 aliphatic carbocycles. The number of carbonyl (C=O) groups excluding carboxylic acids is 2. The number of hydrogen-bond acceptors (Lipinski definition) is 8. The van der Waals surface area contributed by atoms with Crippen molar-refractivity contribution in [3.8, 4) is 5.75 Å². The average Bonchev–Trinajstić information content (AvgIpc) is 3.14. The van der Waals surface area contributed by atoms with E-state index < -0.39 is 52.0 Å². The van der Waals surface area contributed by atoms with Crippen LogP contribution in [-0.4, -0.2) is 74.6 Å². The number of halogens is 2. The van der Waals surface area contributed by atoms with Crippen LogP contribution in [0.15, 0.2) is 34.3 Å². The van der Waals surface area contributed by atoms with Crippen molar-refractivity contribution in [2.75, 3.05) is 20.6 Å². The van der Waals surface area contributed by atoms with E-state index in [9.17, 15) is 28.3 Å². The van der Waals surface area contributed by atoms with Gasteiger partial charge in [-0.1, -0.05) is 11.2 Å². The second kappa shape index (κ2) is 9.08.